The number of fused-ring (bicyclic) bond motifs is 5. The summed E-state index contributed by atoms with van der Waals surface area (Å²) in [5, 5.41) is 4.16. The third-order valence-corrected chi connectivity index (χ3v) is 6.88. The fraction of sp³-hybridized carbons (Fsp3) is 0.0667. The summed E-state index contributed by atoms with van der Waals surface area (Å²) in [6.07, 6.45) is 3.53. The van der Waals surface area contributed by atoms with Crippen molar-refractivity contribution in [3.63, 3.8) is 0 Å². The van der Waals surface area contributed by atoms with Crippen molar-refractivity contribution in [2.45, 2.75) is 13.0 Å². The smallest absolute Gasteiger partial charge is 0.252 e. The highest BCUT2D eigenvalue weighted by molar-refractivity contribution is 6.07. The molecule has 0 saturated heterocycles. The molecule has 1 aliphatic carbocycles. The zero-order valence-electron chi connectivity index (χ0n) is 19.5. The average Bonchev–Trinajstić information content (AvgIpc) is 3.48. The van der Waals surface area contributed by atoms with Gasteiger partial charge in [0.25, 0.3) is 5.91 Å². The van der Waals surface area contributed by atoms with Crippen LogP contribution in [0.5, 0.6) is 0 Å². The SMILES string of the molecule is Cc1ccc2c(C(=O)NC3c4ccccc4-c4c(-c5nc6ccncc6[nH]5)cccc43)cccc2n1. The molecule has 1 atom stereocenters. The maximum Gasteiger partial charge on any atom is 0.252 e. The number of pyridine rings is 2. The van der Waals surface area contributed by atoms with Crippen molar-refractivity contribution in [3.05, 3.63) is 114 Å². The van der Waals surface area contributed by atoms with Gasteiger partial charge in [0.05, 0.1) is 28.8 Å². The van der Waals surface area contributed by atoms with E-state index in [1.807, 2.05) is 61.5 Å². The van der Waals surface area contributed by atoms with Crippen LogP contribution in [0.1, 0.15) is 33.2 Å². The summed E-state index contributed by atoms with van der Waals surface area (Å²) in [6.45, 7) is 1.95. The first-order chi connectivity index (χ1) is 17.7. The molecule has 0 radical (unpaired) electrons. The van der Waals surface area contributed by atoms with Crippen LogP contribution in [0.25, 0.3) is 44.5 Å². The number of aromatic nitrogens is 4. The lowest BCUT2D eigenvalue weighted by atomic mass is 9.98. The van der Waals surface area contributed by atoms with E-state index in [0.29, 0.717) is 5.56 Å². The van der Waals surface area contributed by atoms with Crippen molar-refractivity contribution in [1.29, 1.82) is 0 Å². The van der Waals surface area contributed by atoms with E-state index in [0.717, 1.165) is 61.3 Å². The second-order valence-electron chi connectivity index (χ2n) is 9.07. The molecule has 1 unspecified atom stereocenters. The molecule has 6 heteroatoms. The van der Waals surface area contributed by atoms with Crippen molar-refractivity contribution in [1.82, 2.24) is 25.3 Å². The second-order valence-corrected chi connectivity index (χ2v) is 9.07. The highest BCUT2D eigenvalue weighted by Gasteiger charge is 2.32. The molecule has 36 heavy (non-hydrogen) atoms. The van der Waals surface area contributed by atoms with Crippen LogP contribution < -0.4 is 5.32 Å². The van der Waals surface area contributed by atoms with Crippen LogP contribution in [-0.2, 0) is 0 Å². The van der Waals surface area contributed by atoms with E-state index in [9.17, 15) is 4.79 Å². The molecule has 6 nitrogen and oxygen atoms in total. The first kappa shape index (κ1) is 20.5. The first-order valence-electron chi connectivity index (χ1n) is 11.9. The van der Waals surface area contributed by atoms with Gasteiger partial charge in [0.1, 0.15) is 5.82 Å². The maximum absolute atomic E-state index is 13.6. The lowest BCUT2D eigenvalue weighted by molar-refractivity contribution is 0.0945. The van der Waals surface area contributed by atoms with Crippen LogP contribution in [0.15, 0.2) is 91.3 Å². The largest absolute Gasteiger partial charge is 0.341 e. The molecule has 6 aromatic rings. The monoisotopic (exact) mass is 467 g/mol. The number of H-pyrrole nitrogens is 1. The average molecular weight is 468 g/mol. The fourth-order valence-corrected chi connectivity index (χ4v) is 5.26. The lowest BCUT2D eigenvalue weighted by Crippen LogP contribution is -2.28. The Kier molecular flexibility index (Phi) is 4.48. The molecule has 0 aliphatic heterocycles. The molecule has 0 fully saturated rings. The number of imidazole rings is 1. The number of hydrogen-bond donors (Lipinski definition) is 2. The van der Waals surface area contributed by atoms with Gasteiger partial charge in [-0.25, -0.2) is 4.98 Å². The minimum absolute atomic E-state index is 0.126. The summed E-state index contributed by atoms with van der Waals surface area (Å²) in [7, 11) is 0. The number of hydrogen-bond acceptors (Lipinski definition) is 4. The molecule has 3 aromatic heterocycles. The van der Waals surface area contributed by atoms with Gasteiger partial charge in [0.15, 0.2) is 0 Å². The highest BCUT2D eigenvalue weighted by atomic mass is 16.1. The molecule has 0 bridgehead atoms. The van der Waals surface area contributed by atoms with E-state index >= 15 is 0 Å². The van der Waals surface area contributed by atoms with Gasteiger partial charge >= 0.3 is 0 Å². The van der Waals surface area contributed by atoms with Gasteiger partial charge in [-0.3, -0.25) is 14.8 Å². The van der Waals surface area contributed by atoms with Gasteiger partial charge < -0.3 is 10.3 Å². The Bertz CT molecular complexity index is 1790. The number of aryl methyl sites for hydroxylation is 1. The van der Waals surface area contributed by atoms with E-state index in [-0.39, 0.29) is 11.9 Å². The van der Waals surface area contributed by atoms with E-state index in [1.54, 1.807) is 12.4 Å². The van der Waals surface area contributed by atoms with E-state index in [4.69, 9.17) is 4.98 Å². The fourth-order valence-electron chi connectivity index (χ4n) is 5.26. The summed E-state index contributed by atoms with van der Waals surface area (Å²) < 4.78 is 0. The Hall–Kier alpha value is -4.84. The van der Waals surface area contributed by atoms with Crippen molar-refractivity contribution < 1.29 is 4.79 Å². The third kappa shape index (κ3) is 3.11. The summed E-state index contributed by atoms with van der Waals surface area (Å²) >= 11 is 0. The topological polar surface area (TPSA) is 83.6 Å². The summed E-state index contributed by atoms with van der Waals surface area (Å²) in [5.74, 6) is 0.659. The molecule has 0 spiro atoms. The number of amides is 1. The van der Waals surface area contributed by atoms with Gasteiger partial charge in [-0.1, -0.05) is 54.6 Å². The highest BCUT2D eigenvalue weighted by Crippen LogP contribution is 2.47. The Balaban J connectivity index is 1.35. The Morgan fingerprint density at radius 1 is 0.833 bits per heavy atom. The minimum atomic E-state index is -0.275. The van der Waals surface area contributed by atoms with Crippen molar-refractivity contribution in [3.8, 4) is 22.5 Å². The summed E-state index contributed by atoms with van der Waals surface area (Å²) in [4.78, 5) is 30.7. The van der Waals surface area contributed by atoms with Crippen LogP contribution in [0.3, 0.4) is 0 Å². The van der Waals surface area contributed by atoms with Crippen LogP contribution >= 0.6 is 0 Å². The molecule has 0 saturated carbocycles. The number of nitrogens with zero attached hydrogens (tertiary/aromatic N) is 3. The van der Waals surface area contributed by atoms with Crippen molar-refractivity contribution in [2.75, 3.05) is 0 Å². The van der Waals surface area contributed by atoms with E-state index in [1.165, 1.54) is 0 Å². The molecule has 2 N–H and O–H groups in total. The van der Waals surface area contributed by atoms with Gasteiger partial charge in [0.2, 0.25) is 0 Å². The number of carbonyl (C=O) groups is 1. The standard InChI is InChI=1S/C30H21N5O/c1-17-12-13-18-21(8-5-11-24(18)32-17)30(36)35-28-20-7-3-2-6-19(20)27-22(28)9-4-10-23(27)29-33-25-14-15-31-16-26(25)34-29/h2-16,28H,1H3,(H,33,34)(H,35,36). The first-order valence-corrected chi connectivity index (χ1v) is 11.9. The van der Waals surface area contributed by atoms with Crippen molar-refractivity contribution >= 4 is 27.8 Å². The number of carbonyl (C=O) groups excluding carboxylic acids is 1. The molecular weight excluding hydrogens is 446 g/mol. The van der Waals surface area contributed by atoms with Crippen LogP contribution in [0.4, 0.5) is 0 Å². The molecule has 172 valence electrons. The normalized spacial score (nSPS) is 14.1. The van der Waals surface area contributed by atoms with Crippen LogP contribution in [0, 0.1) is 6.92 Å². The van der Waals surface area contributed by atoms with Crippen LogP contribution in [0.2, 0.25) is 0 Å². The Labute approximate surface area is 207 Å². The molecule has 1 aliphatic rings. The molecule has 3 aromatic carbocycles. The summed E-state index contributed by atoms with van der Waals surface area (Å²) in [5.41, 5.74) is 9.42. The number of benzene rings is 3. The van der Waals surface area contributed by atoms with Gasteiger partial charge in [-0.2, -0.15) is 0 Å². The Morgan fingerprint density at radius 3 is 2.58 bits per heavy atom. The number of aromatic amines is 1. The van der Waals surface area contributed by atoms with E-state index < -0.39 is 0 Å². The minimum Gasteiger partial charge on any atom is -0.341 e. The molecular formula is C30H21N5O. The molecule has 3 heterocycles. The maximum atomic E-state index is 13.6. The predicted octanol–water partition coefficient (Wildman–Crippen LogP) is 5.98. The number of rotatable bonds is 3. The number of nitrogens with one attached hydrogen (secondary N) is 2. The van der Waals surface area contributed by atoms with E-state index in [2.05, 4.69) is 44.5 Å². The van der Waals surface area contributed by atoms with Gasteiger partial charge in [-0.15, -0.1) is 0 Å². The molecule has 1 amide bonds. The zero-order chi connectivity index (χ0) is 24.2. The quantitative estimate of drug-likeness (QED) is 0.335. The Morgan fingerprint density at radius 2 is 1.67 bits per heavy atom. The molecule has 7 rings (SSSR count). The predicted molar refractivity (Wildman–Crippen MR) is 141 cm³/mol. The lowest BCUT2D eigenvalue weighted by Gasteiger charge is -2.17. The van der Waals surface area contributed by atoms with Gasteiger partial charge in [-0.05, 0) is 53.4 Å². The zero-order valence-corrected chi connectivity index (χ0v) is 19.5. The van der Waals surface area contributed by atoms with Crippen LogP contribution in [-0.4, -0.2) is 25.8 Å². The summed E-state index contributed by atoms with van der Waals surface area (Å²) in [6, 6.07) is 25.6. The van der Waals surface area contributed by atoms with Crippen molar-refractivity contribution in [2.24, 2.45) is 0 Å². The van der Waals surface area contributed by atoms with Gasteiger partial charge in [0, 0.05) is 28.4 Å². The third-order valence-electron chi connectivity index (χ3n) is 6.88. The second kappa shape index (κ2) is 7.85.